The third-order valence-corrected chi connectivity index (χ3v) is 5.74. The molecule has 3 heterocycles. The Labute approximate surface area is 180 Å². The van der Waals surface area contributed by atoms with Crippen LogP contribution in [0, 0.1) is 12.7 Å². The normalized spacial score (nSPS) is 11.3. The predicted octanol–water partition coefficient (Wildman–Crippen LogP) is 4.22. The molecule has 0 aliphatic carbocycles. The van der Waals surface area contributed by atoms with E-state index in [1.54, 1.807) is 4.52 Å². The van der Waals surface area contributed by atoms with Gasteiger partial charge in [0.05, 0.1) is 11.4 Å². The molecule has 0 radical (unpaired) electrons. The van der Waals surface area contributed by atoms with Gasteiger partial charge in [-0.05, 0) is 37.3 Å². The molecule has 2 aromatic carbocycles. The number of anilines is 1. The van der Waals surface area contributed by atoms with E-state index in [9.17, 15) is 9.18 Å². The largest absolute Gasteiger partial charge is 0.325 e. The van der Waals surface area contributed by atoms with Crippen LogP contribution in [0.1, 0.15) is 5.56 Å². The monoisotopic (exact) mass is 432 g/mol. The molecule has 0 saturated carbocycles. The molecule has 1 N–H and O–H groups in total. The molecule has 0 aliphatic heterocycles. The molecule has 5 rings (SSSR count). The number of hydrogen-bond donors (Lipinski definition) is 1. The number of hydrogen-bond acceptors (Lipinski definition) is 5. The highest BCUT2D eigenvalue weighted by Gasteiger charge is 2.14. The Morgan fingerprint density at radius 1 is 1.06 bits per heavy atom. The quantitative estimate of drug-likeness (QED) is 0.421. The maximum atomic E-state index is 13.0. The van der Waals surface area contributed by atoms with Crippen molar-refractivity contribution < 1.29 is 9.18 Å². The zero-order valence-electron chi connectivity index (χ0n) is 16.5. The van der Waals surface area contributed by atoms with Gasteiger partial charge in [-0.2, -0.15) is 5.10 Å². The van der Waals surface area contributed by atoms with Gasteiger partial charge in [0.15, 0.2) is 10.8 Å². The lowest BCUT2D eigenvalue weighted by Gasteiger charge is -2.04. The standard InChI is InChI=1S/C22H17FN6OS/c1-14-2-4-15(5-3-14)18-12-19-21-25-26-22(28(21)10-11-29(19)27-18)31-13-20(30)24-17-8-6-16(23)7-9-17/h2-12H,13H2,1H3,(H,24,30). The van der Waals surface area contributed by atoms with E-state index in [1.165, 1.54) is 41.6 Å². The van der Waals surface area contributed by atoms with Crippen molar-refractivity contribution >= 4 is 34.5 Å². The van der Waals surface area contributed by atoms with Crippen molar-refractivity contribution in [2.45, 2.75) is 12.1 Å². The van der Waals surface area contributed by atoms with Crippen LogP contribution in [0.3, 0.4) is 0 Å². The van der Waals surface area contributed by atoms with E-state index in [4.69, 9.17) is 0 Å². The van der Waals surface area contributed by atoms with Crippen molar-refractivity contribution in [1.82, 2.24) is 24.2 Å². The van der Waals surface area contributed by atoms with Crippen LogP contribution in [0.25, 0.3) is 22.4 Å². The first kappa shape index (κ1) is 19.3. The number of nitrogens with zero attached hydrogens (tertiary/aromatic N) is 5. The maximum absolute atomic E-state index is 13.0. The first-order valence-corrected chi connectivity index (χ1v) is 10.5. The van der Waals surface area contributed by atoms with Gasteiger partial charge in [0, 0.05) is 23.6 Å². The first-order valence-electron chi connectivity index (χ1n) is 9.55. The van der Waals surface area contributed by atoms with Gasteiger partial charge in [-0.25, -0.2) is 8.91 Å². The summed E-state index contributed by atoms with van der Waals surface area (Å²) >= 11 is 1.27. The summed E-state index contributed by atoms with van der Waals surface area (Å²) < 4.78 is 16.6. The summed E-state index contributed by atoms with van der Waals surface area (Å²) in [4.78, 5) is 12.2. The number of aryl methyl sites for hydroxylation is 1. The van der Waals surface area contributed by atoms with Crippen LogP contribution in [0.15, 0.2) is 72.1 Å². The van der Waals surface area contributed by atoms with Gasteiger partial charge in [-0.15, -0.1) is 10.2 Å². The van der Waals surface area contributed by atoms with Crippen LogP contribution in [0.5, 0.6) is 0 Å². The Hall–Kier alpha value is -3.72. The lowest BCUT2D eigenvalue weighted by atomic mass is 10.1. The zero-order valence-corrected chi connectivity index (χ0v) is 17.3. The van der Waals surface area contributed by atoms with E-state index >= 15 is 0 Å². The third-order valence-electron chi connectivity index (χ3n) is 4.79. The second kappa shape index (κ2) is 7.84. The summed E-state index contributed by atoms with van der Waals surface area (Å²) in [6.45, 7) is 2.05. The molecule has 9 heteroatoms. The Bertz CT molecular complexity index is 1390. The van der Waals surface area contributed by atoms with Gasteiger partial charge in [0.2, 0.25) is 5.91 Å². The van der Waals surface area contributed by atoms with E-state index < -0.39 is 0 Å². The van der Waals surface area contributed by atoms with Crippen molar-refractivity contribution in [3.63, 3.8) is 0 Å². The van der Waals surface area contributed by atoms with Crippen LogP contribution in [0.2, 0.25) is 0 Å². The molecule has 0 spiro atoms. The number of nitrogens with one attached hydrogen (secondary N) is 1. The molecular weight excluding hydrogens is 415 g/mol. The zero-order chi connectivity index (χ0) is 21.4. The van der Waals surface area contributed by atoms with Crippen molar-refractivity contribution in [3.8, 4) is 11.3 Å². The summed E-state index contributed by atoms with van der Waals surface area (Å²) in [7, 11) is 0. The number of carbonyl (C=O) groups excluding carboxylic acids is 1. The smallest absolute Gasteiger partial charge is 0.234 e. The average molecular weight is 432 g/mol. The molecular formula is C22H17FN6OS. The van der Waals surface area contributed by atoms with E-state index in [2.05, 4.69) is 32.7 Å². The van der Waals surface area contributed by atoms with E-state index in [-0.39, 0.29) is 17.5 Å². The maximum Gasteiger partial charge on any atom is 0.234 e. The fourth-order valence-electron chi connectivity index (χ4n) is 3.22. The van der Waals surface area contributed by atoms with Crippen LogP contribution < -0.4 is 5.32 Å². The van der Waals surface area contributed by atoms with Crippen molar-refractivity contribution in [1.29, 1.82) is 0 Å². The third kappa shape index (κ3) is 3.87. The lowest BCUT2D eigenvalue weighted by Crippen LogP contribution is -2.14. The fraction of sp³-hybridized carbons (Fsp3) is 0.0909. The molecule has 0 fully saturated rings. The number of fused-ring (bicyclic) bond motifs is 3. The number of halogens is 1. The number of thioether (sulfide) groups is 1. The van der Waals surface area contributed by atoms with Gasteiger partial charge >= 0.3 is 0 Å². The minimum Gasteiger partial charge on any atom is -0.325 e. The van der Waals surface area contributed by atoms with Gasteiger partial charge in [0.1, 0.15) is 11.3 Å². The Kier molecular flexibility index (Phi) is 4.87. The lowest BCUT2D eigenvalue weighted by molar-refractivity contribution is -0.113. The highest BCUT2D eigenvalue weighted by Crippen LogP contribution is 2.24. The summed E-state index contributed by atoms with van der Waals surface area (Å²) in [5.41, 5.74) is 5.10. The first-order chi connectivity index (χ1) is 15.1. The Balaban J connectivity index is 1.36. The molecule has 0 saturated heterocycles. The predicted molar refractivity (Wildman–Crippen MR) is 118 cm³/mol. The molecule has 0 bridgehead atoms. The van der Waals surface area contributed by atoms with Crippen LogP contribution in [-0.4, -0.2) is 35.9 Å². The summed E-state index contributed by atoms with van der Waals surface area (Å²) in [5.74, 6) is -0.406. The highest BCUT2D eigenvalue weighted by molar-refractivity contribution is 7.99. The van der Waals surface area contributed by atoms with Crippen molar-refractivity contribution in [2.24, 2.45) is 0 Å². The molecule has 31 heavy (non-hydrogen) atoms. The molecule has 1 amide bonds. The molecule has 0 atom stereocenters. The van der Waals surface area contributed by atoms with Crippen LogP contribution in [0.4, 0.5) is 10.1 Å². The second-order valence-electron chi connectivity index (χ2n) is 7.04. The van der Waals surface area contributed by atoms with Crippen LogP contribution in [-0.2, 0) is 4.79 Å². The van der Waals surface area contributed by atoms with Gasteiger partial charge < -0.3 is 5.32 Å². The van der Waals surface area contributed by atoms with E-state index in [0.717, 1.165) is 16.8 Å². The van der Waals surface area contributed by atoms with E-state index in [1.807, 2.05) is 41.9 Å². The SMILES string of the molecule is Cc1ccc(-c2cc3c4nnc(SCC(=O)Nc5ccc(F)cc5)n4ccn3n2)cc1. The average Bonchev–Trinajstić information content (AvgIpc) is 3.38. The molecule has 154 valence electrons. The number of amides is 1. The topological polar surface area (TPSA) is 76.6 Å². The van der Waals surface area contributed by atoms with Crippen molar-refractivity contribution in [3.05, 3.63) is 78.4 Å². The van der Waals surface area contributed by atoms with Crippen molar-refractivity contribution in [2.75, 3.05) is 11.1 Å². The van der Waals surface area contributed by atoms with Gasteiger partial charge in [-0.3, -0.25) is 9.20 Å². The molecule has 0 aliphatic rings. The molecule has 0 unspecified atom stereocenters. The molecule has 3 aromatic heterocycles. The Morgan fingerprint density at radius 2 is 1.84 bits per heavy atom. The van der Waals surface area contributed by atoms with Gasteiger partial charge in [0.25, 0.3) is 0 Å². The second-order valence-corrected chi connectivity index (χ2v) is 7.99. The summed E-state index contributed by atoms with van der Waals surface area (Å²) in [6, 6.07) is 15.8. The number of aromatic nitrogens is 5. The minimum atomic E-state index is -0.348. The summed E-state index contributed by atoms with van der Waals surface area (Å²) in [5, 5.41) is 16.5. The fourth-order valence-corrected chi connectivity index (χ4v) is 3.93. The Morgan fingerprint density at radius 3 is 2.61 bits per heavy atom. The molecule has 5 aromatic rings. The van der Waals surface area contributed by atoms with Gasteiger partial charge in [-0.1, -0.05) is 41.6 Å². The number of rotatable bonds is 5. The minimum absolute atomic E-state index is 0.150. The highest BCUT2D eigenvalue weighted by atomic mass is 32.2. The molecule has 7 nitrogen and oxygen atoms in total. The number of benzene rings is 2. The van der Waals surface area contributed by atoms with Crippen LogP contribution >= 0.6 is 11.8 Å². The number of carbonyl (C=O) groups is 1. The van der Waals surface area contributed by atoms with E-state index in [0.29, 0.717) is 16.5 Å². The summed E-state index contributed by atoms with van der Waals surface area (Å²) in [6.07, 6.45) is 3.67.